The third-order valence-electron chi connectivity index (χ3n) is 3.67. The highest BCUT2D eigenvalue weighted by Gasteiger charge is 2.26. The van der Waals surface area contributed by atoms with Crippen LogP contribution in [-0.2, 0) is 0 Å². The highest BCUT2D eigenvalue weighted by molar-refractivity contribution is 5.74. The minimum atomic E-state index is 0.773. The smallest absolute Gasteiger partial charge is 0.0880 e. The van der Waals surface area contributed by atoms with Crippen LogP contribution in [0.15, 0.2) is 24.3 Å². The Bertz CT molecular complexity index is 342. The number of nitrogens with zero attached hydrogens (tertiary/aromatic N) is 1. The number of benzene rings is 1. The van der Waals surface area contributed by atoms with E-state index in [0.29, 0.717) is 0 Å². The zero-order valence-corrected chi connectivity index (χ0v) is 9.08. The van der Waals surface area contributed by atoms with Crippen LogP contribution in [0.5, 0.6) is 0 Å². The lowest BCUT2D eigenvalue weighted by molar-refractivity contribution is 0.422. The van der Waals surface area contributed by atoms with Crippen molar-refractivity contribution in [3.05, 3.63) is 24.3 Å². The van der Waals surface area contributed by atoms with E-state index in [1.165, 1.54) is 43.5 Å². The van der Waals surface area contributed by atoms with Crippen LogP contribution in [0.3, 0.4) is 0 Å². The van der Waals surface area contributed by atoms with Gasteiger partial charge in [0, 0.05) is 6.04 Å². The van der Waals surface area contributed by atoms with Gasteiger partial charge in [0.2, 0.25) is 0 Å². The van der Waals surface area contributed by atoms with Crippen LogP contribution in [-0.4, -0.2) is 12.7 Å². The fraction of sp³-hybridized carbons (Fsp3) is 0.538. The summed E-state index contributed by atoms with van der Waals surface area (Å²) in [6.45, 7) is 1.00. The molecule has 0 radical (unpaired) electrons. The fourth-order valence-corrected chi connectivity index (χ4v) is 2.85. The Morgan fingerprint density at radius 1 is 1.07 bits per heavy atom. The lowest BCUT2D eigenvalue weighted by Gasteiger charge is -2.32. The molecule has 0 atom stereocenters. The predicted molar refractivity (Wildman–Crippen MR) is 64.3 cm³/mol. The van der Waals surface area contributed by atoms with Crippen LogP contribution < -0.4 is 10.2 Å². The first-order chi connectivity index (χ1) is 7.45. The molecule has 1 aliphatic carbocycles. The van der Waals surface area contributed by atoms with Gasteiger partial charge in [0.25, 0.3) is 0 Å². The topological polar surface area (TPSA) is 15.3 Å². The van der Waals surface area contributed by atoms with E-state index in [0.717, 1.165) is 12.7 Å². The monoisotopic (exact) mass is 202 g/mol. The van der Waals surface area contributed by atoms with E-state index in [4.69, 9.17) is 0 Å². The minimum Gasteiger partial charge on any atom is -0.366 e. The number of rotatable bonds is 1. The van der Waals surface area contributed by atoms with E-state index < -0.39 is 0 Å². The van der Waals surface area contributed by atoms with Crippen molar-refractivity contribution in [2.75, 3.05) is 16.9 Å². The fourth-order valence-electron chi connectivity index (χ4n) is 2.85. The molecule has 2 heteroatoms. The van der Waals surface area contributed by atoms with E-state index in [-0.39, 0.29) is 0 Å². The molecule has 1 saturated carbocycles. The van der Waals surface area contributed by atoms with Crippen molar-refractivity contribution in [2.24, 2.45) is 0 Å². The zero-order valence-electron chi connectivity index (χ0n) is 9.08. The van der Waals surface area contributed by atoms with Gasteiger partial charge in [-0.1, -0.05) is 31.4 Å². The second-order valence-corrected chi connectivity index (χ2v) is 4.61. The molecule has 0 amide bonds. The molecule has 2 nitrogen and oxygen atoms in total. The molecule has 0 bridgehead atoms. The van der Waals surface area contributed by atoms with Crippen LogP contribution in [0.4, 0.5) is 11.4 Å². The van der Waals surface area contributed by atoms with Crippen molar-refractivity contribution in [1.82, 2.24) is 0 Å². The van der Waals surface area contributed by atoms with Gasteiger partial charge in [0.1, 0.15) is 0 Å². The Labute approximate surface area is 91.3 Å². The molecule has 1 N–H and O–H groups in total. The molecule has 0 spiro atoms. The molecule has 1 aromatic rings. The normalized spacial score (nSPS) is 21.2. The first kappa shape index (κ1) is 9.08. The summed E-state index contributed by atoms with van der Waals surface area (Å²) >= 11 is 0. The van der Waals surface area contributed by atoms with Crippen molar-refractivity contribution >= 4 is 11.4 Å². The summed E-state index contributed by atoms with van der Waals surface area (Å²) in [6.07, 6.45) is 6.98. The summed E-state index contributed by atoms with van der Waals surface area (Å²) in [7, 11) is 0. The Kier molecular flexibility index (Phi) is 2.28. The third-order valence-corrected chi connectivity index (χ3v) is 3.67. The second kappa shape index (κ2) is 3.76. The molecular weight excluding hydrogens is 184 g/mol. The van der Waals surface area contributed by atoms with E-state index in [9.17, 15) is 0 Å². The molecule has 1 aromatic carbocycles. The lowest BCUT2D eigenvalue weighted by atomic mass is 9.94. The molecule has 3 rings (SSSR count). The maximum atomic E-state index is 3.47. The van der Waals surface area contributed by atoms with Crippen LogP contribution >= 0.6 is 0 Å². The predicted octanol–water partition coefficient (Wildman–Crippen LogP) is 3.21. The third kappa shape index (κ3) is 1.58. The molecule has 0 aromatic heterocycles. The summed E-state index contributed by atoms with van der Waals surface area (Å²) in [5.41, 5.74) is 2.72. The molecule has 1 fully saturated rings. The number of para-hydroxylation sites is 2. The van der Waals surface area contributed by atoms with Gasteiger partial charge in [0.15, 0.2) is 0 Å². The molecule has 1 aliphatic heterocycles. The molecule has 15 heavy (non-hydrogen) atoms. The Hall–Kier alpha value is -1.18. The molecule has 2 aliphatic rings. The highest BCUT2D eigenvalue weighted by atomic mass is 15.3. The van der Waals surface area contributed by atoms with Gasteiger partial charge in [-0.05, 0) is 25.0 Å². The highest BCUT2D eigenvalue weighted by Crippen LogP contribution is 2.35. The molecular formula is C13H18N2. The minimum absolute atomic E-state index is 0.773. The van der Waals surface area contributed by atoms with Crippen molar-refractivity contribution in [3.8, 4) is 0 Å². The Balaban J connectivity index is 1.83. The molecule has 0 unspecified atom stereocenters. The Morgan fingerprint density at radius 2 is 1.87 bits per heavy atom. The van der Waals surface area contributed by atoms with Crippen LogP contribution in [0.1, 0.15) is 32.1 Å². The van der Waals surface area contributed by atoms with Gasteiger partial charge in [-0.25, -0.2) is 0 Å². The van der Waals surface area contributed by atoms with E-state index in [1.54, 1.807) is 0 Å². The largest absolute Gasteiger partial charge is 0.366 e. The van der Waals surface area contributed by atoms with Crippen LogP contribution in [0.2, 0.25) is 0 Å². The summed E-state index contributed by atoms with van der Waals surface area (Å²) in [4.78, 5) is 2.55. The number of nitrogens with one attached hydrogen (secondary N) is 1. The van der Waals surface area contributed by atoms with Crippen molar-refractivity contribution in [1.29, 1.82) is 0 Å². The van der Waals surface area contributed by atoms with Crippen molar-refractivity contribution < 1.29 is 0 Å². The van der Waals surface area contributed by atoms with Gasteiger partial charge in [0.05, 0.1) is 18.0 Å². The maximum absolute atomic E-state index is 3.47. The second-order valence-electron chi connectivity index (χ2n) is 4.61. The average Bonchev–Trinajstić information content (AvgIpc) is 2.74. The van der Waals surface area contributed by atoms with Gasteiger partial charge < -0.3 is 10.2 Å². The first-order valence-corrected chi connectivity index (χ1v) is 6.05. The van der Waals surface area contributed by atoms with Crippen molar-refractivity contribution in [2.45, 2.75) is 38.1 Å². The van der Waals surface area contributed by atoms with E-state index >= 15 is 0 Å². The quantitative estimate of drug-likeness (QED) is 0.752. The standard InChI is InChI=1S/C13H18N2/c1-2-6-11(7-3-1)15-10-14-12-8-4-5-9-13(12)15/h4-5,8-9,11,14H,1-3,6-7,10H2. The van der Waals surface area contributed by atoms with E-state index in [2.05, 4.69) is 34.5 Å². The van der Waals surface area contributed by atoms with Gasteiger partial charge in [-0.15, -0.1) is 0 Å². The summed E-state index contributed by atoms with van der Waals surface area (Å²) in [6, 6.07) is 9.44. The van der Waals surface area contributed by atoms with Crippen LogP contribution in [0, 0.1) is 0 Å². The SMILES string of the molecule is c1ccc2c(c1)NCN2C1CCCCC1. The molecule has 80 valence electrons. The van der Waals surface area contributed by atoms with Gasteiger partial charge in [-0.3, -0.25) is 0 Å². The lowest BCUT2D eigenvalue weighted by Crippen LogP contribution is -2.36. The summed E-state index contributed by atoms with van der Waals surface area (Å²) < 4.78 is 0. The first-order valence-electron chi connectivity index (χ1n) is 6.05. The zero-order chi connectivity index (χ0) is 10.1. The molecule has 1 heterocycles. The average molecular weight is 202 g/mol. The van der Waals surface area contributed by atoms with Gasteiger partial charge in [-0.2, -0.15) is 0 Å². The molecule has 0 saturated heterocycles. The van der Waals surface area contributed by atoms with Crippen molar-refractivity contribution in [3.63, 3.8) is 0 Å². The summed E-state index contributed by atoms with van der Waals surface area (Å²) in [5, 5.41) is 3.47. The number of hydrogen-bond acceptors (Lipinski definition) is 2. The maximum Gasteiger partial charge on any atom is 0.0880 e. The number of hydrogen-bond donors (Lipinski definition) is 1. The van der Waals surface area contributed by atoms with E-state index in [1.807, 2.05) is 0 Å². The summed E-state index contributed by atoms with van der Waals surface area (Å²) in [5.74, 6) is 0. The number of anilines is 2. The van der Waals surface area contributed by atoms with Gasteiger partial charge >= 0.3 is 0 Å². The Morgan fingerprint density at radius 3 is 2.73 bits per heavy atom. The van der Waals surface area contributed by atoms with Crippen LogP contribution in [0.25, 0.3) is 0 Å². The number of fused-ring (bicyclic) bond motifs is 1.